The molecule has 2 rings (SSSR count). The average Bonchev–Trinajstić information content (AvgIpc) is 2.18. The third-order valence-electron chi connectivity index (χ3n) is 2.88. The highest BCUT2D eigenvalue weighted by molar-refractivity contribution is 5.14. The van der Waals surface area contributed by atoms with Crippen molar-refractivity contribution in [1.29, 1.82) is 0 Å². The lowest BCUT2D eigenvalue weighted by atomic mass is 10.1. The van der Waals surface area contributed by atoms with Crippen LogP contribution < -0.4 is 0 Å². The maximum Gasteiger partial charge on any atom is 0.104 e. The number of hydroxylamine groups is 3. The predicted molar refractivity (Wildman–Crippen MR) is 61.9 cm³/mol. The van der Waals surface area contributed by atoms with Crippen molar-refractivity contribution in [2.24, 2.45) is 0 Å². The summed E-state index contributed by atoms with van der Waals surface area (Å²) in [6.45, 7) is 4.02. The molecule has 0 bridgehead atoms. The van der Waals surface area contributed by atoms with Crippen LogP contribution in [0.4, 0.5) is 0 Å². The van der Waals surface area contributed by atoms with Gasteiger partial charge in [-0.05, 0) is 12.5 Å². The van der Waals surface area contributed by atoms with Crippen LogP contribution in [-0.4, -0.2) is 17.7 Å². The van der Waals surface area contributed by atoms with Gasteiger partial charge in [-0.15, -0.1) is 0 Å². The van der Waals surface area contributed by atoms with E-state index in [0.29, 0.717) is 19.6 Å². The number of quaternary nitrogens is 1. The smallest absolute Gasteiger partial charge is 0.104 e. The van der Waals surface area contributed by atoms with E-state index in [4.69, 9.17) is 0 Å². The van der Waals surface area contributed by atoms with E-state index in [1.165, 1.54) is 5.57 Å². The van der Waals surface area contributed by atoms with Gasteiger partial charge in [0.1, 0.15) is 13.1 Å². The Morgan fingerprint density at radius 3 is 2.67 bits per heavy atom. The van der Waals surface area contributed by atoms with Gasteiger partial charge in [0.15, 0.2) is 0 Å². The van der Waals surface area contributed by atoms with Gasteiger partial charge in [0, 0.05) is 12.0 Å². The summed E-state index contributed by atoms with van der Waals surface area (Å²) < 4.78 is -0.0909. The molecule has 1 aliphatic heterocycles. The van der Waals surface area contributed by atoms with Gasteiger partial charge in [0.05, 0.1) is 6.54 Å². The molecule has 1 heterocycles. The molecular formula is C13H17NO. The van der Waals surface area contributed by atoms with Crippen LogP contribution in [-0.2, 0) is 6.54 Å². The molecule has 0 amide bonds. The first-order chi connectivity index (χ1) is 7.18. The molecule has 0 radical (unpaired) electrons. The Bertz CT molecular complexity index is 358. The summed E-state index contributed by atoms with van der Waals surface area (Å²) in [5.41, 5.74) is 2.37. The fraction of sp³-hybridized carbons (Fsp3) is 0.385. The standard InChI is InChI=1S/C13H17NO/c1-12-6-5-9-14(15,10-12)11-13-7-3-2-4-8-13/h2-4,6-8H,5,9-11H2,1H3. The minimum Gasteiger partial charge on any atom is -0.632 e. The fourth-order valence-electron chi connectivity index (χ4n) is 2.20. The largest absolute Gasteiger partial charge is 0.632 e. The van der Waals surface area contributed by atoms with E-state index in [2.05, 4.69) is 13.0 Å². The van der Waals surface area contributed by atoms with E-state index in [1.807, 2.05) is 30.3 Å². The second-order valence-electron chi connectivity index (χ2n) is 4.42. The molecule has 2 nitrogen and oxygen atoms in total. The Hall–Kier alpha value is -1.12. The third kappa shape index (κ3) is 2.67. The van der Waals surface area contributed by atoms with Gasteiger partial charge >= 0.3 is 0 Å². The number of rotatable bonds is 2. The van der Waals surface area contributed by atoms with Gasteiger partial charge < -0.3 is 9.85 Å². The molecule has 0 spiro atoms. The van der Waals surface area contributed by atoms with E-state index in [0.717, 1.165) is 12.0 Å². The number of hydrogen-bond acceptors (Lipinski definition) is 1. The molecule has 15 heavy (non-hydrogen) atoms. The van der Waals surface area contributed by atoms with Crippen molar-refractivity contribution in [3.8, 4) is 0 Å². The molecule has 80 valence electrons. The van der Waals surface area contributed by atoms with Crippen LogP contribution in [0.2, 0.25) is 0 Å². The van der Waals surface area contributed by atoms with Crippen LogP contribution in [0.1, 0.15) is 18.9 Å². The summed E-state index contributed by atoms with van der Waals surface area (Å²) in [4.78, 5) is 0. The summed E-state index contributed by atoms with van der Waals surface area (Å²) in [6, 6.07) is 10.0. The van der Waals surface area contributed by atoms with Crippen molar-refractivity contribution in [2.45, 2.75) is 19.9 Å². The molecule has 2 heteroatoms. The highest BCUT2D eigenvalue weighted by atomic mass is 16.5. The van der Waals surface area contributed by atoms with Crippen molar-refractivity contribution < 1.29 is 4.65 Å². The van der Waals surface area contributed by atoms with Crippen molar-refractivity contribution >= 4 is 0 Å². The maximum atomic E-state index is 12.4. The van der Waals surface area contributed by atoms with E-state index < -0.39 is 0 Å². The molecule has 0 fully saturated rings. The van der Waals surface area contributed by atoms with Crippen LogP contribution in [0.25, 0.3) is 0 Å². The molecule has 0 saturated heterocycles. The van der Waals surface area contributed by atoms with E-state index in [1.54, 1.807) is 0 Å². The lowest BCUT2D eigenvalue weighted by Gasteiger charge is -2.45. The molecule has 1 aromatic rings. The Morgan fingerprint density at radius 2 is 2.00 bits per heavy atom. The summed E-state index contributed by atoms with van der Waals surface area (Å²) in [6.07, 6.45) is 3.10. The topological polar surface area (TPSA) is 23.1 Å². The molecule has 1 aliphatic rings. The normalized spacial score (nSPS) is 26.1. The molecule has 0 saturated carbocycles. The minimum atomic E-state index is -0.0909. The molecule has 0 aromatic heterocycles. The third-order valence-corrected chi connectivity index (χ3v) is 2.88. The van der Waals surface area contributed by atoms with Gasteiger partial charge in [-0.1, -0.05) is 36.4 Å². The highest BCUT2D eigenvalue weighted by Gasteiger charge is 2.20. The molecular weight excluding hydrogens is 186 g/mol. The highest BCUT2D eigenvalue weighted by Crippen LogP contribution is 2.20. The van der Waals surface area contributed by atoms with Gasteiger partial charge in [-0.25, -0.2) is 0 Å². The van der Waals surface area contributed by atoms with E-state index in [-0.39, 0.29) is 4.65 Å². The zero-order chi connectivity index (χ0) is 10.7. The summed E-state index contributed by atoms with van der Waals surface area (Å²) in [7, 11) is 0. The average molecular weight is 203 g/mol. The second kappa shape index (κ2) is 4.17. The summed E-state index contributed by atoms with van der Waals surface area (Å²) in [5.74, 6) is 0. The Balaban J connectivity index is 2.09. The van der Waals surface area contributed by atoms with E-state index in [9.17, 15) is 5.21 Å². The van der Waals surface area contributed by atoms with Crippen molar-refractivity contribution in [3.63, 3.8) is 0 Å². The first-order valence-corrected chi connectivity index (χ1v) is 5.45. The van der Waals surface area contributed by atoms with E-state index >= 15 is 0 Å². The molecule has 0 aliphatic carbocycles. The van der Waals surface area contributed by atoms with Crippen LogP contribution in [0, 0.1) is 5.21 Å². The number of nitrogens with zero attached hydrogens (tertiary/aromatic N) is 1. The zero-order valence-electron chi connectivity index (χ0n) is 9.15. The molecule has 0 N–H and O–H groups in total. The maximum absolute atomic E-state index is 12.4. The lowest BCUT2D eigenvalue weighted by Crippen LogP contribution is -2.45. The molecule has 1 unspecified atom stereocenters. The summed E-state index contributed by atoms with van der Waals surface area (Å²) in [5, 5.41) is 12.4. The molecule has 1 aromatic carbocycles. The number of hydrogen-bond donors (Lipinski definition) is 0. The Morgan fingerprint density at radius 1 is 1.27 bits per heavy atom. The first kappa shape index (κ1) is 10.4. The van der Waals surface area contributed by atoms with Crippen LogP contribution in [0.5, 0.6) is 0 Å². The SMILES string of the molecule is CC1=CCC[N+]([O-])(Cc2ccccc2)C1. The quantitative estimate of drug-likeness (QED) is 0.412. The fourth-order valence-corrected chi connectivity index (χ4v) is 2.20. The predicted octanol–water partition coefficient (Wildman–Crippen LogP) is 2.85. The van der Waals surface area contributed by atoms with Gasteiger partial charge in [0.2, 0.25) is 0 Å². The summed E-state index contributed by atoms with van der Waals surface area (Å²) >= 11 is 0. The monoisotopic (exact) mass is 203 g/mol. The first-order valence-electron chi connectivity index (χ1n) is 5.45. The zero-order valence-corrected chi connectivity index (χ0v) is 9.15. The second-order valence-corrected chi connectivity index (χ2v) is 4.42. The Kier molecular flexibility index (Phi) is 2.89. The lowest BCUT2D eigenvalue weighted by molar-refractivity contribution is -0.890. The van der Waals surface area contributed by atoms with Gasteiger partial charge in [0.25, 0.3) is 0 Å². The van der Waals surface area contributed by atoms with Gasteiger partial charge in [-0.2, -0.15) is 0 Å². The number of benzene rings is 1. The molecule has 1 atom stereocenters. The van der Waals surface area contributed by atoms with Crippen LogP contribution in [0.3, 0.4) is 0 Å². The minimum absolute atomic E-state index is 0.0909. The van der Waals surface area contributed by atoms with Crippen LogP contribution in [0.15, 0.2) is 42.0 Å². The van der Waals surface area contributed by atoms with Crippen molar-refractivity contribution in [3.05, 3.63) is 52.8 Å². The Labute approximate surface area is 91.0 Å². The van der Waals surface area contributed by atoms with Crippen molar-refractivity contribution in [1.82, 2.24) is 0 Å². The van der Waals surface area contributed by atoms with Crippen molar-refractivity contribution in [2.75, 3.05) is 13.1 Å². The van der Waals surface area contributed by atoms with Crippen LogP contribution >= 0.6 is 0 Å². The van der Waals surface area contributed by atoms with Gasteiger partial charge in [-0.3, -0.25) is 0 Å².